The fourth-order valence-electron chi connectivity index (χ4n) is 2.58. The van der Waals surface area contributed by atoms with Crippen LogP contribution < -0.4 is 0 Å². The Hall–Kier alpha value is -2.03. The zero-order valence-corrected chi connectivity index (χ0v) is 11.0. The van der Waals surface area contributed by atoms with Gasteiger partial charge < -0.3 is 0 Å². The van der Waals surface area contributed by atoms with Gasteiger partial charge in [0.2, 0.25) is 0 Å². The molecule has 0 atom stereocenters. The summed E-state index contributed by atoms with van der Waals surface area (Å²) < 4.78 is 0. The van der Waals surface area contributed by atoms with Gasteiger partial charge >= 0.3 is 0 Å². The third-order valence-electron chi connectivity index (χ3n) is 3.61. The van der Waals surface area contributed by atoms with Crippen LogP contribution >= 0.6 is 0 Å². The lowest BCUT2D eigenvalue weighted by molar-refractivity contribution is 0.100. The molecule has 0 aliphatic heterocycles. The predicted octanol–water partition coefficient (Wildman–Crippen LogP) is 3.23. The van der Waals surface area contributed by atoms with E-state index in [1.54, 1.807) is 6.20 Å². The summed E-state index contributed by atoms with van der Waals surface area (Å²) in [5.74, 6) is 0.190. The number of benzene rings is 1. The average Bonchev–Trinajstić information content (AvgIpc) is 2.47. The molecule has 0 amide bonds. The predicted molar refractivity (Wildman–Crippen MR) is 74.1 cm³/mol. The van der Waals surface area contributed by atoms with Crippen LogP contribution in [-0.2, 0) is 12.8 Å². The third-order valence-corrected chi connectivity index (χ3v) is 3.61. The summed E-state index contributed by atoms with van der Waals surface area (Å²) in [6.07, 6.45) is 6.53. The molecule has 1 heterocycles. The summed E-state index contributed by atoms with van der Waals surface area (Å²) in [6.45, 7) is 1.49. The van der Waals surface area contributed by atoms with Gasteiger partial charge in [0, 0.05) is 18.7 Å². The van der Waals surface area contributed by atoms with Crippen LogP contribution in [0.15, 0.2) is 30.5 Å². The lowest BCUT2D eigenvalue weighted by atomic mass is 9.90. The molecule has 0 spiro atoms. The van der Waals surface area contributed by atoms with Crippen LogP contribution in [0.1, 0.15) is 41.5 Å². The van der Waals surface area contributed by atoms with Crippen LogP contribution in [0.2, 0.25) is 0 Å². The molecular weight excluding hydrogens is 236 g/mol. The highest BCUT2D eigenvalue weighted by molar-refractivity contribution is 5.90. The first-order chi connectivity index (χ1) is 9.24. The Bertz CT molecular complexity index is 634. The van der Waals surface area contributed by atoms with E-state index in [1.165, 1.54) is 37.3 Å². The molecule has 1 aliphatic rings. The first-order valence-corrected chi connectivity index (χ1v) is 6.70. The number of carbonyl (C=O) groups is 1. The summed E-state index contributed by atoms with van der Waals surface area (Å²) in [6, 6.07) is 8.35. The molecule has 1 aromatic carbocycles. The van der Waals surface area contributed by atoms with Gasteiger partial charge in [-0.05, 0) is 48.9 Å². The van der Waals surface area contributed by atoms with Crippen molar-refractivity contribution in [3.05, 3.63) is 47.4 Å². The topological polar surface area (TPSA) is 42.9 Å². The molecule has 1 aromatic heterocycles. The summed E-state index contributed by atoms with van der Waals surface area (Å²) in [4.78, 5) is 19.7. The molecule has 0 saturated carbocycles. The Morgan fingerprint density at radius 3 is 2.68 bits per heavy atom. The van der Waals surface area contributed by atoms with Crippen molar-refractivity contribution < 1.29 is 4.79 Å². The number of Topliss-reactive ketones (excluding diaryl/α,β-unsaturated/α-hetero) is 1. The Morgan fingerprint density at radius 1 is 1.11 bits per heavy atom. The van der Waals surface area contributed by atoms with E-state index in [2.05, 4.69) is 28.2 Å². The molecule has 0 radical (unpaired) electrons. The number of aromatic nitrogens is 2. The highest BCUT2D eigenvalue weighted by Gasteiger charge is 2.11. The maximum atomic E-state index is 11.3. The standard InChI is InChI=1S/C16H16N2O/c1-11(19)16-17-9-8-15(18-16)14-7-6-12-4-2-3-5-13(12)10-14/h6-10H,2-5H2,1H3. The van der Waals surface area contributed by atoms with Crippen LogP contribution in [-0.4, -0.2) is 15.8 Å². The Morgan fingerprint density at radius 2 is 1.89 bits per heavy atom. The van der Waals surface area contributed by atoms with Crippen molar-refractivity contribution >= 4 is 5.78 Å². The quantitative estimate of drug-likeness (QED) is 0.771. The minimum absolute atomic E-state index is 0.0974. The van der Waals surface area contributed by atoms with Crippen molar-refractivity contribution in [2.45, 2.75) is 32.6 Å². The molecule has 2 aromatic rings. The Balaban J connectivity index is 2.02. The van der Waals surface area contributed by atoms with E-state index < -0.39 is 0 Å². The maximum Gasteiger partial charge on any atom is 0.196 e. The van der Waals surface area contributed by atoms with E-state index in [9.17, 15) is 4.79 Å². The number of hydrogen-bond acceptors (Lipinski definition) is 3. The number of fused-ring (bicyclic) bond motifs is 1. The van der Waals surface area contributed by atoms with Gasteiger partial charge in [-0.1, -0.05) is 12.1 Å². The molecule has 0 unspecified atom stereocenters. The van der Waals surface area contributed by atoms with Gasteiger partial charge in [0.05, 0.1) is 5.69 Å². The van der Waals surface area contributed by atoms with E-state index in [-0.39, 0.29) is 11.6 Å². The number of aryl methyl sites for hydroxylation is 2. The van der Waals surface area contributed by atoms with Gasteiger partial charge in [0.15, 0.2) is 11.6 Å². The van der Waals surface area contributed by atoms with E-state index in [0.717, 1.165) is 17.7 Å². The van der Waals surface area contributed by atoms with Crippen molar-refractivity contribution in [1.82, 2.24) is 9.97 Å². The summed E-state index contributed by atoms with van der Waals surface area (Å²) in [7, 11) is 0. The molecule has 0 saturated heterocycles. The fourth-order valence-corrected chi connectivity index (χ4v) is 2.58. The van der Waals surface area contributed by atoms with Crippen LogP contribution in [0, 0.1) is 0 Å². The number of ketones is 1. The number of nitrogens with zero attached hydrogens (tertiary/aromatic N) is 2. The normalized spacial score (nSPS) is 13.9. The smallest absolute Gasteiger partial charge is 0.196 e. The molecular formula is C16H16N2O. The zero-order chi connectivity index (χ0) is 13.2. The van der Waals surface area contributed by atoms with Gasteiger partial charge in [0.1, 0.15) is 0 Å². The van der Waals surface area contributed by atoms with Crippen LogP contribution in [0.3, 0.4) is 0 Å². The fraction of sp³-hybridized carbons (Fsp3) is 0.312. The minimum Gasteiger partial charge on any atom is -0.291 e. The van der Waals surface area contributed by atoms with E-state index in [0.29, 0.717) is 0 Å². The molecule has 1 aliphatic carbocycles. The van der Waals surface area contributed by atoms with Crippen molar-refractivity contribution in [1.29, 1.82) is 0 Å². The Labute approximate surface area is 112 Å². The van der Waals surface area contributed by atoms with Gasteiger partial charge in [-0.15, -0.1) is 0 Å². The van der Waals surface area contributed by atoms with Gasteiger partial charge in [0.25, 0.3) is 0 Å². The van der Waals surface area contributed by atoms with Crippen LogP contribution in [0.25, 0.3) is 11.3 Å². The van der Waals surface area contributed by atoms with Crippen molar-refractivity contribution in [2.75, 3.05) is 0 Å². The largest absolute Gasteiger partial charge is 0.291 e. The summed E-state index contributed by atoms with van der Waals surface area (Å²) in [5.41, 5.74) is 4.78. The molecule has 3 nitrogen and oxygen atoms in total. The minimum atomic E-state index is -0.0974. The molecule has 0 bridgehead atoms. The third kappa shape index (κ3) is 2.41. The highest BCUT2D eigenvalue weighted by Crippen LogP contribution is 2.26. The number of carbonyl (C=O) groups excluding carboxylic acids is 1. The van der Waals surface area contributed by atoms with Gasteiger partial charge in [-0.25, -0.2) is 9.97 Å². The van der Waals surface area contributed by atoms with E-state index in [4.69, 9.17) is 0 Å². The SMILES string of the molecule is CC(=O)c1nccc(-c2ccc3c(c2)CCCC3)n1. The molecule has 96 valence electrons. The van der Waals surface area contributed by atoms with Crippen LogP contribution in [0.4, 0.5) is 0 Å². The number of hydrogen-bond donors (Lipinski definition) is 0. The monoisotopic (exact) mass is 252 g/mol. The lowest BCUT2D eigenvalue weighted by Crippen LogP contribution is -2.04. The molecule has 3 rings (SSSR count). The maximum absolute atomic E-state index is 11.3. The molecule has 3 heteroatoms. The second-order valence-corrected chi connectivity index (χ2v) is 5.01. The van der Waals surface area contributed by atoms with E-state index >= 15 is 0 Å². The van der Waals surface area contributed by atoms with Crippen molar-refractivity contribution in [3.63, 3.8) is 0 Å². The van der Waals surface area contributed by atoms with Crippen LogP contribution in [0.5, 0.6) is 0 Å². The molecule has 0 N–H and O–H groups in total. The zero-order valence-electron chi connectivity index (χ0n) is 11.0. The second kappa shape index (κ2) is 4.92. The Kier molecular flexibility index (Phi) is 3.11. The first-order valence-electron chi connectivity index (χ1n) is 6.70. The average molecular weight is 252 g/mol. The first kappa shape index (κ1) is 12.0. The van der Waals surface area contributed by atoms with Gasteiger partial charge in [-0.2, -0.15) is 0 Å². The molecule has 0 fully saturated rings. The lowest BCUT2D eigenvalue weighted by Gasteiger charge is -2.16. The summed E-state index contributed by atoms with van der Waals surface area (Å²) >= 11 is 0. The molecule has 19 heavy (non-hydrogen) atoms. The van der Waals surface area contributed by atoms with Crippen molar-refractivity contribution in [3.8, 4) is 11.3 Å². The highest BCUT2D eigenvalue weighted by atomic mass is 16.1. The van der Waals surface area contributed by atoms with E-state index in [1.807, 2.05) is 6.07 Å². The van der Waals surface area contributed by atoms with Crippen molar-refractivity contribution in [2.24, 2.45) is 0 Å². The summed E-state index contributed by atoms with van der Waals surface area (Å²) in [5, 5.41) is 0. The van der Waals surface area contributed by atoms with Gasteiger partial charge in [-0.3, -0.25) is 4.79 Å². The number of rotatable bonds is 2. The second-order valence-electron chi connectivity index (χ2n) is 5.01.